The molecule has 0 aromatic heterocycles. The maximum Gasteiger partial charge on any atom is 0.0642 e. The molecule has 16 heavy (non-hydrogen) atoms. The Kier molecular flexibility index (Phi) is 2.36. The highest BCUT2D eigenvalue weighted by Gasteiger charge is 2.42. The van der Waals surface area contributed by atoms with Crippen LogP contribution in [-0.2, 0) is 5.41 Å². The highest BCUT2D eigenvalue weighted by Crippen LogP contribution is 2.46. The Hall–Kier alpha value is -0.440. The zero-order valence-corrected chi connectivity index (χ0v) is 10.7. The fourth-order valence-corrected chi connectivity index (χ4v) is 3.28. The van der Waals surface area contributed by atoms with Crippen LogP contribution in [-0.4, -0.2) is 19.6 Å². The maximum absolute atomic E-state index is 6.18. The SMILES string of the molecule is Cc1c(Cl)c(Cl)cc2c1NCC21CCNC1. The van der Waals surface area contributed by atoms with Gasteiger partial charge in [-0.15, -0.1) is 0 Å². The van der Waals surface area contributed by atoms with Gasteiger partial charge < -0.3 is 10.6 Å². The van der Waals surface area contributed by atoms with E-state index in [-0.39, 0.29) is 5.41 Å². The Morgan fingerprint density at radius 1 is 1.31 bits per heavy atom. The van der Waals surface area contributed by atoms with Crippen molar-refractivity contribution in [1.82, 2.24) is 5.32 Å². The summed E-state index contributed by atoms with van der Waals surface area (Å²) in [5.74, 6) is 0. The molecule has 0 amide bonds. The number of benzene rings is 1. The molecule has 2 aliphatic heterocycles. The molecule has 0 bridgehead atoms. The Balaban J connectivity index is 2.20. The molecule has 2 nitrogen and oxygen atoms in total. The lowest BCUT2D eigenvalue weighted by Gasteiger charge is -2.22. The predicted molar refractivity (Wildman–Crippen MR) is 68.9 cm³/mol. The van der Waals surface area contributed by atoms with Crippen LogP contribution in [0.3, 0.4) is 0 Å². The van der Waals surface area contributed by atoms with Gasteiger partial charge in [-0.1, -0.05) is 23.2 Å². The van der Waals surface area contributed by atoms with Crippen LogP contribution in [0.15, 0.2) is 6.07 Å². The summed E-state index contributed by atoms with van der Waals surface area (Å²) >= 11 is 12.3. The van der Waals surface area contributed by atoms with E-state index in [0.717, 1.165) is 25.2 Å². The van der Waals surface area contributed by atoms with Crippen LogP contribution in [0, 0.1) is 6.92 Å². The summed E-state index contributed by atoms with van der Waals surface area (Å²) in [6, 6.07) is 2.04. The van der Waals surface area contributed by atoms with Crippen molar-refractivity contribution in [3.63, 3.8) is 0 Å². The molecular formula is C12H14Cl2N2. The summed E-state index contributed by atoms with van der Waals surface area (Å²) in [6.45, 7) is 5.14. The average Bonchev–Trinajstić information content (AvgIpc) is 2.86. The van der Waals surface area contributed by atoms with E-state index in [2.05, 4.69) is 10.6 Å². The average molecular weight is 257 g/mol. The van der Waals surface area contributed by atoms with Gasteiger partial charge in [0, 0.05) is 24.2 Å². The van der Waals surface area contributed by atoms with Crippen LogP contribution in [0.2, 0.25) is 10.0 Å². The molecule has 1 spiro atoms. The second-order valence-electron chi connectivity index (χ2n) is 4.78. The third-order valence-corrected chi connectivity index (χ3v) is 4.75. The number of anilines is 1. The van der Waals surface area contributed by atoms with Crippen molar-refractivity contribution >= 4 is 28.9 Å². The fraction of sp³-hybridized carbons (Fsp3) is 0.500. The van der Waals surface area contributed by atoms with Crippen LogP contribution < -0.4 is 10.6 Å². The summed E-state index contributed by atoms with van der Waals surface area (Å²) in [5, 5.41) is 8.27. The molecule has 2 N–H and O–H groups in total. The number of rotatable bonds is 0. The van der Waals surface area contributed by atoms with Crippen LogP contribution in [0.4, 0.5) is 5.69 Å². The Labute approximate surface area is 105 Å². The van der Waals surface area contributed by atoms with Crippen molar-refractivity contribution in [2.24, 2.45) is 0 Å². The minimum atomic E-state index is 0.230. The minimum Gasteiger partial charge on any atom is -0.384 e. The van der Waals surface area contributed by atoms with Gasteiger partial charge in [-0.05, 0) is 37.1 Å². The van der Waals surface area contributed by atoms with Crippen molar-refractivity contribution in [2.75, 3.05) is 25.0 Å². The van der Waals surface area contributed by atoms with E-state index >= 15 is 0 Å². The van der Waals surface area contributed by atoms with E-state index in [1.165, 1.54) is 17.7 Å². The molecule has 1 atom stereocenters. The van der Waals surface area contributed by atoms with Crippen LogP contribution in [0.25, 0.3) is 0 Å². The van der Waals surface area contributed by atoms with Gasteiger partial charge in [0.25, 0.3) is 0 Å². The fourth-order valence-electron chi connectivity index (χ4n) is 2.88. The van der Waals surface area contributed by atoms with Gasteiger partial charge >= 0.3 is 0 Å². The first kappa shape index (κ1) is 10.7. The van der Waals surface area contributed by atoms with Crippen molar-refractivity contribution in [3.05, 3.63) is 27.2 Å². The van der Waals surface area contributed by atoms with E-state index in [0.29, 0.717) is 10.0 Å². The van der Waals surface area contributed by atoms with E-state index in [9.17, 15) is 0 Å². The molecule has 4 heteroatoms. The van der Waals surface area contributed by atoms with Crippen LogP contribution in [0.1, 0.15) is 17.5 Å². The number of nitrogens with one attached hydrogen (secondary N) is 2. The molecule has 2 aliphatic rings. The Morgan fingerprint density at radius 2 is 2.12 bits per heavy atom. The first-order valence-electron chi connectivity index (χ1n) is 5.58. The highest BCUT2D eigenvalue weighted by molar-refractivity contribution is 6.42. The Bertz CT molecular complexity index is 451. The quantitative estimate of drug-likeness (QED) is 0.746. The predicted octanol–water partition coefficient (Wildman–Crippen LogP) is 2.96. The van der Waals surface area contributed by atoms with Crippen LogP contribution >= 0.6 is 23.2 Å². The second kappa shape index (κ2) is 3.52. The Morgan fingerprint density at radius 3 is 2.81 bits per heavy atom. The lowest BCUT2D eigenvalue weighted by molar-refractivity contribution is 0.522. The van der Waals surface area contributed by atoms with Crippen molar-refractivity contribution < 1.29 is 0 Å². The molecule has 3 rings (SSSR count). The molecule has 0 saturated carbocycles. The first-order chi connectivity index (χ1) is 7.64. The van der Waals surface area contributed by atoms with E-state index in [1.807, 2.05) is 13.0 Å². The normalized spacial score (nSPS) is 27.2. The molecular weight excluding hydrogens is 243 g/mol. The third-order valence-electron chi connectivity index (χ3n) is 3.87. The zero-order valence-electron chi connectivity index (χ0n) is 9.16. The van der Waals surface area contributed by atoms with E-state index in [1.54, 1.807) is 0 Å². The highest BCUT2D eigenvalue weighted by atomic mass is 35.5. The lowest BCUT2D eigenvalue weighted by atomic mass is 9.81. The largest absolute Gasteiger partial charge is 0.384 e. The molecule has 2 heterocycles. The smallest absolute Gasteiger partial charge is 0.0642 e. The van der Waals surface area contributed by atoms with Gasteiger partial charge in [0.15, 0.2) is 0 Å². The molecule has 1 aromatic carbocycles. The van der Waals surface area contributed by atoms with Gasteiger partial charge in [-0.2, -0.15) is 0 Å². The van der Waals surface area contributed by atoms with Crippen molar-refractivity contribution in [3.8, 4) is 0 Å². The maximum atomic E-state index is 6.18. The second-order valence-corrected chi connectivity index (χ2v) is 5.57. The molecule has 1 fully saturated rings. The van der Waals surface area contributed by atoms with Gasteiger partial charge in [0.05, 0.1) is 10.0 Å². The van der Waals surface area contributed by atoms with E-state index < -0.39 is 0 Å². The number of fused-ring (bicyclic) bond motifs is 2. The zero-order chi connectivity index (χ0) is 11.3. The molecule has 1 unspecified atom stereocenters. The first-order valence-corrected chi connectivity index (χ1v) is 6.33. The third kappa shape index (κ3) is 1.30. The summed E-state index contributed by atoms with van der Waals surface area (Å²) < 4.78 is 0. The molecule has 86 valence electrons. The standard InChI is InChI=1S/C12H14Cl2N2/c1-7-10(14)9(13)4-8-11(7)16-6-12(8)2-3-15-5-12/h4,15-16H,2-3,5-6H2,1H3. The molecule has 0 aliphatic carbocycles. The molecule has 0 radical (unpaired) electrons. The number of halogens is 2. The van der Waals surface area contributed by atoms with Gasteiger partial charge in [-0.3, -0.25) is 0 Å². The topological polar surface area (TPSA) is 24.1 Å². The lowest BCUT2D eigenvalue weighted by Crippen LogP contribution is -2.30. The minimum absolute atomic E-state index is 0.230. The van der Waals surface area contributed by atoms with Gasteiger partial charge in [-0.25, -0.2) is 0 Å². The van der Waals surface area contributed by atoms with E-state index in [4.69, 9.17) is 23.2 Å². The summed E-state index contributed by atoms with van der Waals surface area (Å²) in [4.78, 5) is 0. The number of hydrogen-bond acceptors (Lipinski definition) is 2. The van der Waals surface area contributed by atoms with Gasteiger partial charge in [0.2, 0.25) is 0 Å². The number of hydrogen-bond donors (Lipinski definition) is 2. The summed E-state index contributed by atoms with van der Waals surface area (Å²) in [5.41, 5.74) is 3.84. The van der Waals surface area contributed by atoms with Crippen LogP contribution in [0.5, 0.6) is 0 Å². The monoisotopic (exact) mass is 256 g/mol. The van der Waals surface area contributed by atoms with Crippen molar-refractivity contribution in [2.45, 2.75) is 18.8 Å². The van der Waals surface area contributed by atoms with Gasteiger partial charge in [0.1, 0.15) is 0 Å². The van der Waals surface area contributed by atoms with Crippen molar-refractivity contribution in [1.29, 1.82) is 0 Å². The molecule has 1 saturated heterocycles. The summed E-state index contributed by atoms with van der Waals surface area (Å²) in [6.07, 6.45) is 1.17. The molecule has 1 aromatic rings. The summed E-state index contributed by atoms with van der Waals surface area (Å²) in [7, 11) is 0.